The van der Waals surface area contributed by atoms with Crippen molar-refractivity contribution in [1.82, 2.24) is 29.5 Å². The molecule has 0 spiro atoms. The summed E-state index contributed by atoms with van der Waals surface area (Å²) in [7, 11) is 1.68. The van der Waals surface area contributed by atoms with Crippen LogP contribution in [0, 0.1) is 13.8 Å². The highest BCUT2D eigenvalue weighted by atomic mass is 19.4. The number of aryl methyl sites for hydroxylation is 3. The first kappa shape index (κ1) is 17.9. The molecule has 1 N–H and O–H groups in total. The summed E-state index contributed by atoms with van der Waals surface area (Å²) in [5, 5.41) is 11.1. The van der Waals surface area contributed by atoms with Gasteiger partial charge in [-0.05, 0) is 26.0 Å². The van der Waals surface area contributed by atoms with Crippen LogP contribution in [0.3, 0.4) is 0 Å². The highest BCUT2D eigenvalue weighted by Gasteiger charge is 2.34. The summed E-state index contributed by atoms with van der Waals surface area (Å²) in [4.78, 5) is 7.78. The second-order valence-corrected chi connectivity index (χ2v) is 5.94. The van der Waals surface area contributed by atoms with Crippen LogP contribution in [0.15, 0.2) is 24.5 Å². The number of nitrogens with one attached hydrogen (secondary N) is 1. The number of anilines is 1. The van der Waals surface area contributed by atoms with Crippen LogP contribution in [-0.4, -0.2) is 36.1 Å². The molecular weight excluding hydrogens is 347 g/mol. The molecule has 0 saturated carbocycles. The lowest BCUT2D eigenvalue weighted by Gasteiger charge is -2.11. The van der Waals surface area contributed by atoms with Crippen LogP contribution in [0.4, 0.5) is 19.1 Å². The number of hydrogen-bond acceptors (Lipinski definition) is 5. The van der Waals surface area contributed by atoms with Crippen molar-refractivity contribution in [2.24, 2.45) is 7.05 Å². The van der Waals surface area contributed by atoms with Crippen molar-refractivity contribution < 1.29 is 13.2 Å². The maximum Gasteiger partial charge on any atom is 0.433 e. The fourth-order valence-electron chi connectivity index (χ4n) is 2.55. The Labute approximate surface area is 147 Å². The molecule has 3 heterocycles. The zero-order valence-corrected chi connectivity index (χ0v) is 14.5. The van der Waals surface area contributed by atoms with E-state index in [1.54, 1.807) is 17.9 Å². The molecule has 0 saturated heterocycles. The van der Waals surface area contributed by atoms with Gasteiger partial charge in [-0.15, -0.1) is 0 Å². The Balaban J connectivity index is 1.82. The van der Waals surface area contributed by atoms with E-state index in [0.717, 1.165) is 17.5 Å². The number of halogens is 3. The van der Waals surface area contributed by atoms with Gasteiger partial charge in [0.1, 0.15) is 0 Å². The van der Waals surface area contributed by atoms with E-state index in [4.69, 9.17) is 0 Å². The van der Waals surface area contributed by atoms with Gasteiger partial charge in [-0.1, -0.05) is 0 Å². The number of aromatic nitrogens is 6. The summed E-state index contributed by atoms with van der Waals surface area (Å²) in [5.74, 6) is -0.0831. The zero-order valence-electron chi connectivity index (χ0n) is 14.5. The van der Waals surface area contributed by atoms with E-state index < -0.39 is 11.9 Å². The van der Waals surface area contributed by atoms with E-state index in [-0.39, 0.29) is 11.6 Å². The van der Waals surface area contributed by atoms with Crippen LogP contribution < -0.4 is 5.32 Å². The fraction of sp³-hybridized carbons (Fsp3) is 0.375. The SMILES string of the molecule is Cc1cc(C)n(CCNc2nc(-c3cnn(C)c3)cc(C(F)(F)F)n2)n1. The van der Waals surface area contributed by atoms with Gasteiger partial charge in [-0.2, -0.15) is 23.4 Å². The van der Waals surface area contributed by atoms with Gasteiger partial charge < -0.3 is 5.32 Å². The third kappa shape index (κ3) is 4.01. The quantitative estimate of drug-likeness (QED) is 0.753. The minimum absolute atomic E-state index is 0.0831. The molecule has 0 unspecified atom stereocenters. The number of rotatable bonds is 5. The lowest BCUT2D eigenvalue weighted by Crippen LogP contribution is -2.16. The lowest BCUT2D eigenvalue weighted by molar-refractivity contribution is -0.141. The van der Waals surface area contributed by atoms with Gasteiger partial charge >= 0.3 is 6.18 Å². The summed E-state index contributed by atoms with van der Waals surface area (Å²) in [6, 6.07) is 2.85. The fourth-order valence-corrected chi connectivity index (χ4v) is 2.55. The van der Waals surface area contributed by atoms with Crippen LogP contribution in [0.2, 0.25) is 0 Å². The summed E-state index contributed by atoms with van der Waals surface area (Å²) in [5.41, 5.74) is 1.51. The van der Waals surface area contributed by atoms with E-state index in [1.165, 1.54) is 10.9 Å². The molecule has 7 nitrogen and oxygen atoms in total. The van der Waals surface area contributed by atoms with Gasteiger partial charge in [0.2, 0.25) is 5.95 Å². The molecule has 138 valence electrons. The van der Waals surface area contributed by atoms with Crippen LogP contribution in [0.5, 0.6) is 0 Å². The van der Waals surface area contributed by atoms with Crippen molar-refractivity contribution in [1.29, 1.82) is 0 Å². The first-order valence-corrected chi connectivity index (χ1v) is 7.92. The molecule has 10 heteroatoms. The van der Waals surface area contributed by atoms with E-state index >= 15 is 0 Å². The molecule has 0 fully saturated rings. The van der Waals surface area contributed by atoms with Gasteiger partial charge in [0.05, 0.1) is 24.1 Å². The van der Waals surface area contributed by atoms with Crippen molar-refractivity contribution in [2.75, 3.05) is 11.9 Å². The third-order valence-corrected chi connectivity index (χ3v) is 3.73. The maximum absolute atomic E-state index is 13.2. The molecular formula is C16H18F3N7. The van der Waals surface area contributed by atoms with Crippen molar-refractivity contribution >= 4 is 5.95 Å². The summed E-state index contributed by atoms with van der Waals surface area (Å²) in [6.45, 7) is 4.63. The topological polar surface area (TPSA) is 73.5 Å². The molecule has 0 aliphatic rings. The van der Waals surface area contributed by atoms with Crippen LogP contribution >= 0.6 is 0 Å². The van der Waals surface area contributed by atoms with Gasteiger partial charge in [-0.25, -0.2) is 9.97 Å². The summed E-state index contributed by atoms with van der Waals surface area (Å²) < 4.78 is 42.8. The Morgan fingerprint density at radius 2 is 1.92 bits per heavy atom. The molecule has 0 amide bonds. The van der Waals surface area contributed by atoms with Crippen molar-refractivity contribution in [3.05, 3.63) is 41.6 Å². The largest absolute Gasteiger partial charge is 0.433 e. The molecule has 0 bridgehead atoms. The molecule has 3 aromatic heterocycles. The molecule has 26 heavy (non-hydrogen) atoms. The average Bonchev–Trinajstić information content (AvgIpc) is 3.12. The monoisotopic (exact) mass is 365 g/mol. The number of alkyl halides is 3. The van der Waals surface area contributed by atoms with Gasteiger partial charge in [0, 0.05) is 31.0 Å². The molecule has 3 aromatic rings. The Morgan fingerprint density at radius 3 is 2.50 bits per heavy atom. The van der Waals surface area contributed by atoms with E-state index in [2.05, 4.69) is 25.5 Å². The van der Waals surface area contributed by atoms with Gasteiger partial charge in [0.25, 0.3) is 0 Å². The molecule has 3 rings (SSSR count). The Hall–Kier alpha value is -2.91. The van der Waals surface area contributed by atoms with Crippen molar-refractivity contribution in [2.45, 2.75) is 26.6 Å². The lowest BCUT2D eigenvalue weighted by atomic mass is 10.2. The first-order valence-electron chi connectivity index (χ1n) is 7.92. The van der Waals surface area contributed by atoms with E-state index in [1.807, 2.05) is 19.9 Å². The van der Waals surface area contributed by atoms with Crippen LogP contribution in [0.1, 0.15) is 17.1 Å². The van der Waals surface area contributed by atoms with Crippen LogP contribution in [-0.2, 0) is 19.8 Å². The van der Waals surface area contributed by atoms with Crippen molar-refractivity contribution in [3.63, 3.8) is 0 Å². The third-order valence-electron chi connectivity index (χ3n) is 3.73. The second kappa shape index (κ2) is 6.77. The maximum atomic E-state index is 13.2. The first-order chi connectivity index (χ1) is 12.2. The zero-order chi connectivity index (χ0) is 18.9. The molecule has 0 aliphatic carbocycles. The average molecular weight is 365 g/mol. The number of nitrogens with zero attached hydrogens (tertiary/aromatic N) is 6. The van der Waals surface area contributed by atoms with Crippen LogP contribution in [0.25, 0.3) is 11.3 Å². The molecule has 0 atom stereocenters. The molecule has 0 aliphatic heterocycles. The Morgan fingerprint density at radius 1 is 1.15 bits per heavy atom. The van der Waals surface area contributed by atoms with Gasteiger partial charge in [-0.3, -0.25) is 9.36 Å². The minimum Gasteiger partial charge on any atom is -0.352 e. The predicted octanol–water partition coefficient (Wildman–Crippen LogP) is 2.82. The molecule has 0 aromatic carbocycles. The van der Waals surface area contributed by atoms with Crippen molar-refractivity contribution in [3.8, 4) is 11.3 Å². The highest BCUT2D eigenvalue weighted by molar-refractivity contribution is 5.59. The number of hydrogen-bond donors (Lipinski definition) is 1. The Kier molecular flexibility index (Phi) is 4.66. The summed E-state index contributed by atoms with van der Waals surface area (Å²) >= 11 is 0. The van der Waals surface area contributed by atoms with E-state index in [9.17, 15) is 13.2 Å². The van der Waals surface area contributed by atoms with E-state index in [0.29, 0.717) is 18.7 Å². The second-order valence-electron chi connectivity index (χ2n) is 5.94. The Bertz CT molecular complexity index is 911. The predicted molar refractivity (Wildman–Crippen MR) is 89.4 cm³/mol. The van der Waals surface area contributed by atoms with Gasteiger partial charge in [0.15, 0.2) is 5.69 Å². The smallest absolute Gasteiger partial charge is 0.352 e. The standard InChI is InChI=1S/C16H18F3N7/c1-10-6-11(2)26(24-10)5-4-20-15-22-13(12-8-21-25(3)9-12)7-14(23-15)16(17,18)19/h6-9H,4-5H2,1-3H3,(H,20,22,23). The minimum atomic E-state index is -4.56. The highest BCUT2D eigenvalue weighted by Crippen LogP contribution is 2.30. The summed E-state index contributed by atoms with van der Waals surface area (Å²) in [6.07, 6.45) is -1.50. The normalized spacial score (nSPS) is 11.8. The molecule has 0 radical (unpaired) electrons.